The summed E-state index contributed by atoms with van der Waals surface area (Å²) in [7, 11) is 1.35. The molecule has 1 aliphatic heterocycles. The summed E-state index contributed by atoms with van der Waals surface area (Å²) in [5.41, 5.74) is 5.08. The molecule has 5 atom stereocenters. The van der Waals surface area contributed by atoms with Gasteiger partial charge in [0.2, 0.25) is 0 Å². The van der Waals surface area contributed by atoms with Crippen LogP contribution in [0.25, 0.3) is 11.1 Å². The Morgan fingerprint density at radius 3 is 2.44 bits per heavy atom. The minimum atomic E-state index is -1.48. The molecule has 1 saturated heterocycles. The Morgan fingerprint density at radius 1 is 1.00 bits per heavy atom. The number of aliphatic hydroxyl groups is 4. The maximum atomic E-state index is 12.6. The van der Waals surface area contributed by atoms with Crippen LogP contribution in [0.4, 0.5) is 0 Å². The van der Waals surface area contributed by atoms with E-state index in [4.69, 9.17) is 21.1 Å². The van der Waals surface area contributed by atoms with E-state index in [-0.39, 0.29) is 5.88 Å². The summed E-state index contributed by atoms with van der Waals surface area (Å²) in [6.45, 7) is -0.510. The monoisotopic (exact) mass is 486 g/mol. The van der Waals surface area contributed by atoms with Gasteiger partial charge in [0, 0.05) is 5.88 Å². The summed E-state index contributed by atoms with van der Waals surface area (Å²) >= 11 is 6.13. The summed E-state index contributed by atoms with van der Waals surface area (Å²) in [6, 6.07) is 16.9. The number of hydrogen-bond donors (Lipinski definition) is 4. The Labute approximate surface area is 202 Å². The minimum absolute atomic E-state index is 0.195. The molecule has 3 aliphatic rings. The van der Waals surface area contributed by atoms with E-state index in [1.807, 2.05) is 48.5 Å². The van der Waals surface area contributed by atoms with Crippen LogP contribution in [0.3, 0.4) is 0 Å². The lowest BCUT2D eigenvalue weighted by atomic mass is 9.89. The number of esters is 1. The van der Waals surface area contributed by atoms with E-state index >= 15 is 0 Å². The molecule has 0 amide bonds. The first-order valence-electron chi connectivity index (χ1n) is 11.0. The molecule has 0 bridgehead atoms. The van der Waals surface area contributed by atoms with E-state index in [9.17, 15) is 25.2 Å². The molecule has 0 saturated carbocycles. The van der Waals surface area contributed by atoms with Gasteiger partial charge < -0.3 is 29.9 Å². The Bertz CT molecular complexity index is 1130. The van der Waals surface area contributed by atoms with Gasteiger partial charge in [0.05, 0.1) is 19.3 Å². The number of benzene rings is 1. The topological polar surface area (TPSA) is 116 Å². The fourth-order valence-corrected chi connectivity index (χ4v) is 4.72. The molecular formula is C26H27ClO7. The van der Waals surface area contributed by atoms with Crippen LogP contribution in [0, 0.1) is 0 Å². The zero-order valence-electron chi connectivity index (χ0n) is 18.6. The third-order valence-electron chi connectivity index (χ3n) is 6.23. The van der Waals surface area contributed by atoms with Crippen molar-refractivity contribution in [3.05, 3.63) is 82.4 Å². The highest BCUT2D eigenvalue weighted by atomic mass is 35.5. The van der Waals surface area contributed by atoms with Crippen molar-refractivity contribution in [2.24, 2.45) is 0 Å². The van der Waals surface area contributed by atoms with E-state index in [2.05, 4.69) is 0 Å². The zero-order chi connectivity index (χ0) is 24.4. The number of carbonyl (C=O) groups is 1. The van der Waals surface area contributed by atoms with Crippen LogP contribution in [-0.4, -0.2) is 64.5 Å². The highest BCUT2D eigenvalue weighted by Gasteiger charge is 2.44. The van der Waals surface area contributed by atoms with E-state index in [1.165, 1.54) is 7.11 Å². The van der Waals surface area contributed by atoms with Gasteiger partial charge in [-0.15, -0.1) is 11.6 Å². The summed E-state index contributed by atoms with van der Waals surface area (Å²) in [4.78, 5) is 12.6. The number of hydrogen-bond acceptors (Lipinski definition) is 7. The first-order valence-corrected chi connectivity index (χ1v) is 11.5. The molecule has 180 valence electrons. The first kappa shape index (κ1) is 24.6. The molecule has 4 N–H and O–H groups in total. The van der Waals surface area contributed by atoms with Gasteiger partial charge in [0.15, 0.2) is 0 Å². The van der Waals surface area contributed by atoms with Crippen LogP contribution >= 0.6 is 11.6 Å². The molecule has 0 unspecified atom stereocenters. The van der Waals surface area contributed by atoms with Crippen LogP contribution in [-0.2, 0) is 21.8 Å². The molecule has 0 spiro atoms. The number of rotatable bonds is 6. The first-order chi connectivity index (χ1) is 16.4. The van der Waals surface area contributed by atoms with Gasteiger partial charge in [-0.25, -0.2) is 4.79 Å². The zero-order valence-corrected chi connectivity index (χ0v) is 19.4. The van der Waals surface area contributed by atoms with Crippen molar-refractivity contribution in [3.63, 3.8) is 0 Å². The lowest BCUT2D eigenvalue weighted by molar-refractivity contribution is -0.231. The van der Waals surface area contributed by atoms with Gasteiger partial charge in [0.25, 0.3) is 0 Å². The Kier molecular flexibility index (Phi) is 7.52. The second kappa shape index (κ2) is 10.4. The summed E-state index contributed by atoms with van der Waals surface area (Å²) in [5, 5.41) is 40.4. The maximum absolute atomic E-state index is 12.6. The van der Waals surface area contributed by atoms with Crippen LogP contribution in [0.1, 0.15) is 38.7 Å². The van der Waals surface area contributed by atoms with E-state index in [0.29, 0.717) is 17.5 Å². The molecule has 2 aliphatic carbocycles. The second-order valence-electron chi connectivity index (χ2n) is 8.46. The fourth-order valence-electron chi connectivity index (χ4n) is 4.56. The predicted octanol–water partition coefficient (Wildman–Crippen LogP) is 2.42. The number of carbonyl (C=O) groups excluding carboxylic acids is 1. The van der Waals surface area contributed by atoms with Crippen LogP contribution in [0.15, 0.2) is 54.6 Å². The average Bonchev–Trinajstić information content (AvgIpc) is 3.01. The quantitative estimate of drug-likeness (QED) is 0.312. The van der Waals surface area contributed by atoms with Gasteiger partial charge in [-0.2, -0.15) is 0 Å². The molecule has 1 heterocycles. The van der Waals surface area contributed by atoms with Crippen molar-refractivity contribution in [2.75, 3.05) is 13.7 Å². The Morgan fingerprint density at radius 2 is 1.74 bits per heavy atom. The maximum Gasteiger partial charge on any atom is 0.338 e. The standard InChI is InChI=1S/C26H27ClO7/c1-33-26(32)21-17(11-16-5-3-2-4-6-19(16)21)8-14-7-15(12-27)10-18(9-14)25-24(31)23(30)22(29)20(13-28)34-25/h2-7,9-11,20,22-25,28-31H,8,12-13H2,1H3/t20-,22-,23+,24+,25+/m1/s1. The fraction of sp³-hybridized carbons (Fsp3) is 0.346. The third-order valence-corrected chi connectivity index (χ3v) is 6.53. The molecular weight excluding hydrogens is 460 g/mol. The van der Waals surface area contributed by atoms with Crippen molar-refractivity contribution in [1.29, 1.82) is 0 Å². The molecule has 0 radical (unpaired) electrons. The van der Waals surface area contributed by atoms with Gasteiger partial charge in [-0.1, -0.05) is 48.5 Å². The summed E-state index contributed by atoms with van der Waals surface area (Å²) in [6.07, 6.45) is -5.92. The van der Waals surface area contributed by atoms with Gasteiger partial charge in [-0.3, -0.25) is 0 Å². The largest absolute Gasteiger partial charge is 0.465 e. The number of methoxy groups -OCH3 is 1. The molecule has 0 aromatic heterocycles. The van der Waals surface area contributed by atoms with Crippen molar-refractivity contribution in [1.82, 2.24) is 0 Å². The second-order valence-corrected chi connectivity index (χ2v) is 8.73. The van der Waals surface area contributed by atoms with E-state index in [0.717, 1.165) is 27.8 Å². The lowest BCUT2D eigenvalue weighted by Crippen LogP contribution is -2.55. The van der Waals surface area contributed by atoms with Crippen LogP contribution in [0.5, 0.6) is 0 Å². The summed E-state index contributed by atoms with van der Waals surface area (Å²) < 4.78 is 10.8. The smallest absolute Gasteiger partial charge is 0.338 e. The highest BCUT2D eigenvalue weighted by molar-refractivity contribution is 6.17. The van der Waals surface area contributed by atoms with E-state index < -0.39 is 43.1 Å². The Balaban J connectivity index is 1.75. The number of fused-ring (bicyclic) bond motifs is 1. The normalized spacial score (nSPS) is 24.8. The molecule has 1 fully saturated rings. The van der Waals surface area contributed by atoms with Gasteiger partial charge >= 0.3 is 5.97 Å². The minimum Gasteiger partial charge on any atom is -0.465 e. The number of aliphatic hydroxyl groups excluding tert-OH is 4. The van der Waals surface area contributed by atoms with Crippen LogP contribution in [0.2, 0.25) is 0 Å². The average molecular weight is 487 g/mol. The molecule has 1 aromatic carbocycles. The molecule has 1 aromatic rings. The number of ether oxygens (including phenoxy) is 2. The number of alkyl halides is 1. The van der Waals surface area contributed by atoms with Crippen molar-refractivity contribution in [2.45, 2.75) is 42.8 Å². The van der Waals surface area contributed by atoms with Gasteiger partial charge in [-0.05, 0) is 45.9 Å². The highest BCUT2D eigenvalue weighted by Crippen LogP contribution is 2.36. The summed E-state index contributed by atoms with van der Waals surface area (Å²) in [5.74, 6) is -0.236. The van der Waals surface area contributed by atoms with Gasteiger partial charge in [0.1, 0.15) is 30.5 Å². The predicted molar refractivity (Wildman–Crippen MR) is 126 cm³/mol. The molecule has 34 heavy (non-hydrogen) atoms. The van der Waals surface area contributed by atoms with Crippen molar-refractivity contribution >= 4 is 17.6 Å². The molecule has 8 heteroatoms. The van der Waals surface area contributed by atoms with Crippen LogP contribution < -0.4 is 0 Å². The lowest BCUT2D eigenvalue weighted by Gasteiger charge is -2.40. The molecule has 4 rings (SSSR count). The number of halogens is 1. The van der Waals surface area contributed by atoms with Crippen molar-refractivity contribution < 1.29 is 34.7 Å². The van der Waals surface area contributed by atoms with E-state index in [1.54, 1.807) is 6.07 Å². The third kappa shape index (κ3) is 4.68. The molecule has 7 nitrogen and oxygen atoms in total. The Hall–Kier alpha value is -2.52. The SMILES string of the molecule is COC(=O)c1c(Cc2cc(CCl)cc([C@@H]3O[C@H](CO)[C@@H](O)[C@H](O)[C@@H]3O)c2)cc2cccccc1-2. The van der Waals surface area contributed by atoms with Crippen molar-refractivity contribution in [3.8, 4) is 11.1 Å².